The Morgan fingerprint density at radius 1 is 0.860 bits per heavy atom. The van der Waals surface area contributed by atoms with Crippen molar-refractivity contribution in [3.63, 3.8) is 0 Å². The van der Waals surface area contributed by atoms with Gasteiger partial charge in [-0.2, -0.15) is 18.2 Å². The predicted molar refractivity (Wildman–Crippen MR) is 160 cm³/mol. The first-order valence-electron chi connectivity index (χ1n) is 13.2. The molecular formula is C29H32F3N5O4S2. The monoisotopic (exact) mass is 635 g/mol. The van der Waals surface area contributed by atoms with E-state index in [1.165, 1.54) is 24.3 Å². The summed E-state index contributed by atoms with van der Waals surface area (Å²) in [5.41, 5.74) is 1.40. The van der Waals surface area contributed by atoms with Crippen LogP contribution in [0.2, 0.25) is 0 Å². The smallest absolute Gasteiger partial charge is 0.359 e. The van der Waals surface area contributed by atoms with Crippen LogP contribution in [-0.2, 0) is 19.7 Å². The van der Waals surface area contributed by atoms with Gasteiger partial charge in [-0.05, 0) is 54.3 Å². The van der Waals surface area contributed by atoms with Gasteiger partial charge in [0.1, 0.15) is 12.1 Å². The third kappa shape index (κ3) is 8.41. The molecule has 0 aliphatic rings. The minimum Gasteiger partial charge on any atom is -0.359 e. The highest BCUT2D eigenvalue weighted by Crippen LogP contribution is 2.29. The Morgan fingerprint density at radius 3 is 2.14 bits per heavy atom. The number of alkyl halides is 3. The van der Waals surface area contributed by atoms with E-state index >= 15 is 0 Å². The highest BCUT2D eigenvalue weighted by molar-refractivity contribution is 7.91. The fraction of sp³-hybridized carbons (Fsp3) is 0.345. The molecule has 2 N–H and O–H groups in total. The Hall–Kier alpha value is -3.78. The lowest BCUT2D eigenvalue weighted by molar-refractivity contribution is -0.115. The summed E-state index contributed by atoms with van der Waals surface area (Å²) in [6.07, 6.45) is -3.46. The second-order valence-electron chi connectivity index (χ2n) is 11.5. The normalized spacial score (nSPS) is 13.6. The van der Waals surface area contributed by atoms with Gasteiger partial charge in [0, 0.05) is 11.8 Å². The van der Waals surface area contributed by atoms with E-state index < -0.39 is 43.9 Å². The molecule has 0 unspecified atom stereocenters. The van der Waals surface area contributed by atoms with Crippen LogP contribution in [0.5, 0.6) is 0 Å². The average molecular weight is 636 g/mol. The van der Waals surface area contributed by atoms with Gasteiger partial charge < -0.3 is 10.6 Å². The van der Waals surface area contributed by atoms with Crippen LogP contribution in [0.4, 0.5) is 24.9 Å². The molecule has 0 aliphatic heterocycles. The summed E-state index contributed by atoms with van der Waals surface area (Å²) >= 11 is 0. The van der Waals surface area contributed by atoms with Crippen molar-refractivity contribution in [3.05, 3.63) is 66.2 Å². The molecule has 43 heavy (non-hydrogen) atoms. The van der Waals surface area contributed by atoms with Gasteiger partial charge in [0.2, 0.25) is 5.95 Å². The van der Waals surface area contributed by atoms with E-state index in [-0.39, 0.29) is 38.3 Å². The highest BCUT2D eigenvalue weighted by Gasteiger charge is 2.28. The van der Waals surface area contributed by atoms with Crippen molar-refractivity contribution in [3.8, 4) is 11.3 Å². The van der Waals surface area contributed by atoms with Gasteiger partial charge in [0.05, 0.1) is 32.8 Å². The van der Waals surface area contributed by atoms with Gasteiger partial charge in [-0.15, -0.1) is 0 Å². The number of hydrogen-bond acceptors (Lipinski definition) is 9. The van der Waals surface area contributed by atoms with Gasteiger partial charge in [-0.1, -0.05) is 45.0 Å². The van der Waals surface area contributed by atoms with Crippen molar-refractivity contribution in [2.75, 3.05) is 29.2 Å². The van der Waals surface area contributed by atoms with Crippen molar-refractivity contribution in [2.45, 2.75) is 49.7 Å². The Kier molecular flexibility index (Phi) is 8.76. The van der Waals surface area contributed by atoms with Gasteiger partial charge in [-0.25, -0.2) is 26.8 Å². The molecule has 0 aliphatic carbocycles. The zero-order valence-electron chi connectivity index (χ0n) is 24.2. The standard InChI is InChI=1S/C29H32F3N5O4S2/c1-18(19-9-11-21(12-10-19)43(40,41)17-28(2,3)4)34-27-36-24-14-13-23(20-7-6-8-22(15-20)42(5,38)39)35-25(24)26(37-27)33-16-29(30,31)32/h6-15,18H,16-17H2,1-5H3,(H2,33,34,36,37)/t18-/m1/s1. The first kappa shape index (κ1) is 32.1. The molecule has 0 saturated heterocycles. The van der Waals surface area contributed by atoms with Crippen molar-refractivity contribution in [1.29, 1.82) is 0 Å². The molecule has 0 bridgehead atoms. The van der Waals surface area contributed by atoms with E-state index in [2.05, 4.69) is 25.6 Å². The number of aromatic nitrogens is 3. The van der Waals surface area contributed by atoms with E-state index in [4.69, 9.17) is 0 Å². The minimum absolute atomic E-state index is 0.00925. The number of anilines is 2. The zero-order chi connectivity index (χ0) is 31.8. The maximum absolute atomic E-state index is 13.1. The Balaban J connectivity index is 1.67. The quantitative estimate of drug-likeness (QED) is 0.225. The lowest BCUT2D eigenvalue weighted by Crippen LogP contribution is -2.22. The molecule has 2 aromatic heterocycles. The zero-order valence-corrected chi connectivity index (χ0v) is 25.8. The van der Waals surface area contributed by atoms with Gasteiger partial charge >= 0.3 is 6.18 Å². The van der Waals surface area contributed by atoms with E-state index in [0.717, 1.165) is 6.26 Å². The molecule has 9 nitrogen and oxygen atoms in total. The summed E-state index contributed by atoms with van der Waals surface area (Å²) in [4.78, 5) is 13.5. The van der Waals surface area contributed by atoms with Crippen LogP contribution < -0.4 is 10.6 Å². The summed E-state index contributed by atoms with van der Waals surface area (Å²) in [5, 5.41) is 5.36. The van der Waals surface area contributed by atoms with Crippen molar-refractivity contribution in [2.24, 2.45) is 5.41 Å². The number of pyridine rings is 1. The third-order valence-corrected chi connectivity index (χ3v) is 9.61. The van der Waals surface area contributed by atoms with Gasteiger partial charge in [0.25, 0.3) is 0 Å². The molecule has 230 valence electrons. The molecule has 0 spiro atoms. The van der Waals surface area contributed by atoms with Crippen LogP contribution in [0, 0.1) is 5.41 Å². The third-order valence-electron chi connectivity index (χ3n) is 6.26. The van der Waals surface area contributed by atoms with E-state index in [1.807, 2.05) is 20.8 Å². The molecule has 2 aromatic carbocycles. The first-order valence-corrected chi connectivity index (χ1v) is 16.7. The molecule has 0 saturated carbocycles. The summed E-state index contributed by atoms with van der Waals surface area (Å²) < 4.78 is 88.9. The predicted octanol–water partition coefficient (Wildman–Crippen LogP) is 6.06. The van der Waals surface area contributed by atoms with Crippen molar-refractivity contribution < 1.29 is 30.0 Å². The Morgan fingerprint density at radius 2 is 1.53 bits per heavy atom. The number of benzene rings is 2. The first-order chi connectivity index (χ1) is 19.8. The van der Waals surface area contributed by atoms with Crippen LogP contribution in [0.15, 0.2) is 70.5 Å². The van der Waals surface area contributed by atoms with E-state index in [0.29, 0.717) is 16.8 Å². The molecule has 4 rings (SSSR count). The summed E-state index contributed by atoms with van der Waals surface area (Å²) in [6, 6.07) is 15.2. The molecule has 0 amide bonds. The average Bonchev–Trinajstić information content (AvgIpc) is 2.89. The number of rotatable bonds is 9. The van der Waals surface area contributed by atoms with Gasteiger partial charge in [0.15, 0.2) is 25.5 Å². The molecule has 2 heterocycles. The SMILES string of the molecule is C[C@@H](Nc1nc(NCC(F)(F)F)c2nc(-c3cccc(S(C)(=O)=O)c3)ccc2n1)c1ccc(S(=O)(=O)CC(C)(C)C)cc1. The minimum atomic E-state index is -4.53. The second kappa shape index (κ2) is 11.7. The lowest BCUT2D eigenvalue weighted by Gasteiger charge is -2.19. The molecule has 4 aromatic rings. The summed E-state index contributed by atoms with van der Waals surface area (Å²) in [6.45, 7) is 5.95. The van der Waals surface area contributed by atoms with Crippen LogP contribution in [-0.4, -0.2) is 56.5 Å². The summed E-state index contributed by atoms with van der Waals surface area (Å²) in [5.74, 6) is -0.144. The van der Waals surface area contributed by atoms with Crippen LogP contribution >= 0.6 is 0 Å². The number of nitrogens with zero attached hydrogens (tertiary/aromatic N) is 3. The van der Waals surface area contributed by atoms with Crippen LogP contribution in [0.3, 0.4) is 0 Å². The molecule has 1 atom stereocenters. The van der Waals surface area contributed by atoms with Crippen LogP contribution in [0.25, 0.3) is 22.3 Å². The number of halogens is 3. The fourth-order valence-corrected chi connectivity index (χ4v) is 6.85. The molecule has 0 fully saturated rings. The topological polar surface area (TPSA) is 131 Å². The largest absolute Gasteiger partial charge is 0.405 e. The molecule has 0 radical (unpaired) electrons. The Labute approximate surface area is 248 Å². The van der Waals surface area contributed by atoms with E-state index in [1.54, 1.807) is 43.3 Å². The number of sulfone groups is 2. The highest BCUT2D eigenvalue weighted by atomic mass is 32.2. The van der Waals surface area contributed by atoms with Crippen molar-refractivity contribution >= 4 is 42.5 Å². The molecule has 14 heteroatoms. The molecular weight excluding hydrogens is 603 g/mol. The lowest BCUT2D eigenvalue weighted by atomic mass is 10.0. The number of fused-ring (bicyclic) bond motifs is 1. The van der Waals surface area contributed by atoms with Gasteiger partial charge in [-0.3, -0.25) is 0 Å². The maximum atomic E-state index is 13.1. The number of hydrogen-bond donors (Lipinski definition) is 2. The maximum Gasteiger partial charge on any atom is 0.405 e. The number of nitrogens with one attached hydrogen (secondary N) is 2. The second-order valence-corrected chi connectivity index (χ2v) is 15.5. The van der Waals surface area contributed by atoms with Crippen molar-refractivity contribution in [1.82, 2.24) is 15.0 Å². The van der Waals surface area contributed by atoms with E-state index in [9.17, 15) is 30.0 Å². The summed E-state index contributed by atoms with van der Waals surface area (Å²) in [7, 11) is -6.98. The fourth-order valence-electron chi connectivity index (χ4n) is 4.33. The van der Waals surface area contributed by atoms with Crippen LogP contribution in [0.1, 0.15) is 39.3 Å². The Bertz CT molecular complexity index is 1860.